The second-order valence-corrected chi connectivity index (χ2v) is 6.08. The lowest BCUT2D eigenvalue weighted by atomic mass is 9.68. The van der Waals surface area contributed by atoms with Gasteiger partial charge in [0.25, 0.3) is 0 Å². The maximum atomic E-state index is 11.6. The highest BCUT2D eigenvalue weighted by molar-refractivity contribution is 5.80. The lowest BCUT2D eigenvalue weighted by Crippen LogP contribution is -2.38. The van der Waals surface area contributed by atoms with E-state index in [1.807, 2.05) is 6.92 Å². The van der Waals surface area contributed by atoms with E-state index >= 15 is 0 Å². The molecule has 1 aliphatic carbocycles. The van der Waals surface area contributed by atoms with Gasteiger partial charge in [0.05, 0.1) is 0 Å². The van der Waals surface area contributed by atoms with E-state index in [1.54, 1.807) is 0 Å². The third kappa shape index (κ3) is 2.43. The molecule has 2 heteroatoms. The molecule has 0 heterocycles. The molecule has 2 nitrogen and oxygen atoms in total. The SMILES string of the molecule is Cc1ccc(C2CCCC(C)(C(N)=O)C2)c(C)c1. The summed E-state index contributed by atoms with van der Waals surface area (Å²) in [6.45, 7) is 6.30. The predicted octanol–water partition coefficient (Wildman–Crippen LogP) is 3.45. The van der Waals surface area contributed by atoms with E-state index in [9.17, 15) is 4.79 Å². The standard InChI is InChI=1S/C16H23NO/c1-11-6-7-14(12(2)9-11)13-5-4-8-16(3,10-13)15(17)18/h6-7,9,13H,4-5,8,10H2,1-3H3,(H2,17,18). The Morgan fingerprint density at radius 3 is 2.72 bits per heavy atom. The number of hydrogen-bond donors (Lipinski definition) is 1. The molecule has 1 fully saturated rings. The molecule has 18 heavy (non-hydrogen) atoms. The largest absolute Gasteiger partial charge is 0.369 e. The number of aryl methyl sites for hydroxylation is 2. The number of carbonyl (C=O) groups is 1. The summed E-state index contributed by atoms with van der Waals surface area (Å²) in [5.41, 5.74) is 9.28. The third-order valence-electron chi connectivity index (χ3n) is 4.44. The van der Waals surface area contributed by atoms with Gasteiger partial charge in [0.1, 0.15) is 0 Å². The molecule has 1 saturated carbocycles. The van der Waals surface area contributed by atoms with Gasteiger partial charge in [-0.25, -0.2) is 0 Å². The van der Waals surface area contributed by atoms with Crippen molar-refractivity contribution in [3.8, 4) is 0 Å². The Labute approximate surface area is 110 Å². The number of amides is 1. The van der Waals surface area contributed by atoms with Gasteiger partial charge in [-0.3, -0.25) is 4.79 Å². The summed E-state index contributed by atoms with van der Waals surface area (Å²) in [4.78, 5) is 11.6. The highest BCUT2D eigenvalue weighted by Crippen LogP contribution is 2.44. The van der Waals surface area contributed by atoms with E-state index in [1.165, 1.54) is 23.1 Å². The molecule has 1 amide bonds. The fraction of sp³-hybridized carbons (Fsp3) is 0.562. The van der Waals surface area contributed by atoms with E-state index < -0.39 is 0 Å². The van der Waals surface area contributed by atoms with E-state index in [-0.39, 0.29) is 11.3 Å². The zero-order valence-corrected chi connectivity index (χ0v) is 11.6. The van der Waals surface area contributed by atoms with Crippen LogP contribution in [0.15, 0.2) is 18.2 Å². The molecule has 2 atom stereocenters. The normalized spacial score (nSPS) is 28.1. The van der Waals surface area contributed by atoms with Crippen LogP contribution in [0.25, 0.3) is 0 Å². The summed E-state index contributed by atoms with van der Waals surface area (Å²) >= 11 is 0. The topological polar surface area (TPSA) is 43.1 Å². The summed E-state index contributed by atoms with van der Waals surface area (Å²) < 4.78 is 0. The van der Waals surface area contributed by atoms with Gasteiger partial charge in [-0.2, -0.15) is 0 Å². The Balaban J connectivity index is 2.26. The van der Waals surface area contributed by atoms with Crippen LogP contribution in [0.4, 0.5) is 0 Å². The molecule has 1 aromatic rings. The quantitative estimate of drug-likeness (QED) is 0.852. The number of carbonyl (C=O) groups excluding carboxylic acids is 1. The van der Waals surface area contributed by atoms with Gasteiger partial charge in [-0.15, -0.1) is 0 Å². The lowest BCUT2D eigenvalue weighted by Gasteiger charge is -2.36. The molecule has 2 N–H and O–H groups in total. The van der Waals surface area contributed by atoms with E-state index in [0.717, 1.165) is 19.3 Å². The van der Waals surface area contributed by atoms with Crippen molar-refractivity contribution >= 4 is 5.91 Å². The van der Waals surface area contributed by atoms with Crippen molar-refractivity contribution in [2.24, 2.45) is 11.1 Å². The molecular weight excluding hydrogens is 222 g/mol. The van der Waals surface area contributed by atoms with Crippen molar-refractivity contribution in [2.75, 3.05) is 0 Å². The first-order valence-corrected chi connectivity index (χ1v) is 6.79. The molecule has 2 rings (SSSR count). The van der Waals surface area contributed by atoms with Gasteiger partial charge >= 0.3 is 0 Å². The summed E-state index contributed by atoms with van der Waals surface area (Å²) in [6.07, 6.45) is 4.10. The fourth-order valence-electron chi connectivity index (χ4n) is 3.26. The molecule has 98 valence electrons. The molecule has 1 aromatic carbocycles. The van der Waals surface area contributed by atoms with E-state index in [0.29, 0.717) is 5.92 Å². The van der Waals surface area contributed by atoms with Crippen LogP contribution in [0.2, 0.25) is 0 Å². The fourth-order valence-corrected chi connectivity index (χ4v) is 3.26. The van der Waals surface area contributed by atoms with Crippen molar-refractivity contribution in [3.05, 3.63) is 34.9 Å². The minimum absolute atomic E-state index is 0.142. The molecular formula is C16H23NO. The number of rotatable bonds is 2. The van der Waals surface area contributed by atoms with Crippen LogP contribution in [0.5, 0.6) is 0 Å². The minimum atomic E-state index is -0.319. The van der Waals surface area contributed by atoms with Crippen molar-refractivity contribution in [1.29, 1.82) is 0 Å². The Morgan fingerprint density at radius 2 is 2.11 bits per heavy atom. The number of primary amides is 1. The number of nitrogens with two attached hydrogens (primary N) is 1. The smallest absolute Gasteiger partial charge is 0.223 e. The first-order valence-electron chi connectivity index (χ1n) is 6.79. The van der Waals surface area contributed by atoms with E-state index in [4.69, 9.17) is 5.73 Å². The second kappa shape index (κ2) is 4.75. The summed E-state index contributed by atoms with van der Waals surface area (Å²) in [5.74, 6) is 0.341. The Kier molecular flexibility index (Phi) is 3.47. The zero-order chi connectivity index (χ0) is 13.3. The summed E-state index contributed by atoms with van der Waals surface area (Å²) in [6, 6.07) is 6.62. The van der Waals surface area contributed by atoms with Crippen LogP contribution < -0.4 is 5.73 Å². The number of benzene rings is 1. The van der Waals surface area contributed by atoms with Crippen LogP contribution in [0.3, 0.4) is 0 Å². The van der Waals surface area contributed by atoms with Gasteiger partial charge in [0, 0.05) is 5.41 Å². The van der Waals surface area contributed by atoms with Gasteiger partial charge in [-0.05, 0) is 50.2 Å². The Hall–Kier alpha value is -1.31. The first-order chi connectivity index (χ1) is 8.42. The first kappa shape index (κ1) is 13.1. The van der Waals surface area contributed by atoms with Gasteiger partial charge in [0.15, 0.2) is 0 Å². The zero-order valence-electron chi connectivity index (χ0n) is 11.6. The van der Waals surface area contributed by atoms with Crippen LogP contribution in [0.1, 0.15) is 55.2 Å². The van der Waals surface area contributed by atoms with Gasteiger partial charge < -0.3 is 5.73 Å². The van der Waals surface area contributed by atoms with Gasteiger partial charge in [0.2, 0.25) is 5.91 Å². The minimum Gasteiger partial charge on any atom is -0.369 e. The molecule has 2 unspecified atom stereocenters. The molecule has 0 bridgehead atoms. The van der Waals surface area contributed by atoms with Crippen LogP contribution in [-0.2, 0) is 4.79 Å². The maximum absolute atomic E-state index is 11.6. The molecule has 0 saturated heterocycles. The molecule has 1 aliphatic rings. The second-order valence-electron chi connectivity index (χ2n) is 6.08. The predicted molar refractivity (Wildman–Crippen MR) is 74.4 cm³/mol. The highest BCUT2D eigenvalue weighted by atomic mass is 16.1. The monoisotopic (exact) mass is 245 g/mol. The van der Waals surface area contributed by atoms with Crippen LogP contribution in [0, 0.1) is 19.3 Å². The van der Waals surface area contributed by atoms with Gasteiger partial charge in [-0.1, -0.05) is 37.1 Å². The average Bonchev–Trinajstić information content (AvgIpc) is 2.28. The average molecular weight is 245 g/mol. The number of hydrogen-bond acceptors (Lipinski definition) is 1. The molecule has 0 radical (unpaired) electrons. The summed E-state index contributed by atoms with van der Waals surface area (Å²) in [5, 5.41) is 0. The highest BCUT2D eigenvalue weighted by Gasteiger charge is 2.37. The van der Waals surface area contributed by atoms with Crippen LogP contribution in [-0.4, -0.2) is 5.91 Å². The van der Waals surface area contributed by atoms with Crippen molar-refractivity contribution in [1.82, 2.24) is 0 Å². The van der Waals surface area contributed by atoms with Crippen LogP contribution >= 0.6 is 0 Å². The Morgan fingerprint density at radius 1 is 1.39 bits per heavy atom. The Bertz CT molecular complexity index is 466. The summed E-state index contributed by atoms with van der Waals surface area (Å²) in [7, 11) is 0. The third-order valence-corrected chi connectivity index (χ3v) is 4.44. The van der Waals surface area contributed by atoms with Crippen molar-refractivity contribution in [3.63, 3.8) is 0 Å². The molecule has 0 aliphatic heterocycles. The maximum Gasteiger partial charge on any atom is 0.223 e. The molecule has 0 spiro atoms. The van der Waals surface area contributed by atoms with E-state index in [2.05, 4.69) is 32.0 Å². The van der Waals surface area contributed by atoms with Crippen molar-refractivity contribution in [2.45, 2.75) is 52.4 Å². The lowest BCUT2D eigenvalue weighted by molar-refractivity contribution is -0.128. The van der Waals surface area contributed by atoms with Crippen molar-refractivity contribution < 1.29 is 4.79 Å². The molecule has 0 aromatic heterocycles.